The van der Waals surface area contributed by atoms with Gasteiger partial charge in [-0.25, -0.2) is 4.79 Å². The molecule has 6 nitrogen and oxygen atoms in total. The number of anilines is 1. The highest BCUT2D eigenvalue weighted by Gasteiger charge is 2.09. The molecule has 84 valence electrons. The highest BCUT2D eigenvalue weighted by molar-refractivity contribution is 5.86. The Hall–Kier alpha value is -2.16. The van der Waals surface area contributed by atoms with Crippen LogP contribution in [0.1, 0.15) is 16.9 Å². The first-order valence-electron chi connectivity index (χ1n) is 4.69. The largest absolute Gasteiger partial charge is 0.464 e. The smallest absolute Gasteiger partial charge is 0.358 e. The van der Waals surface area contributed by atoms with Crippen molar-refractivity contribution in [1.82, 2.24) is 10.2 Å². The molecule has 0 atom stereocenters. The van der Waals surface area contributed by atoms with Gasteiger partial charge >= 0.3 is 5.97 Å². The second-order valence-electron chi connectivity index (χ2n) is 3.10. The van der Waals surface area contributed by atoms with Crippen LogP contribution in [0.15, 0.2) is 12.1 Å². The molecule has 1 rings (SSSR count). The third-order valence-electron chi connectivity index (χ3n) is 2.00. The van der Waals surface area contributed by atoms with Gasteiger partial charge in [0, 0.05) is 13.6 Å². The average Bonchev–Trinajstić information content (AvgIpc) is 2.35. The number of carbonyl (C=O) groups is 1. The van der Waals surface area contributed by atoms with Crippen LogP contribution in [0.2, 0.25) is 0 Å². The quantitative estimate of drug-likeness (QED) is 0.692. The second-order valence-corrected chi connectivity index (χ2v) is 3.10. The third kappa shape index (κ3) is 2.92. The normalized spacial score (nSPS) is 9.31. The maximum atomic E-state index is 11.1. The van der Waals surface area contributed by atoms with Gasteiger partial charge < -0.3 is 9.64 Å². The minimum atomic E-state index is -0.515. The van der Waals surface area contributed by atoms with Crippen LogP contribution in [0.25, 0.3) is 0 Å². The molecule has 0 spiro atoms. The SMILES string of the molecule is COC(=O)c1ccc(N(C)CCC#N)nn1. The number of esters is 1. The first kappa shape index (κ1) is 11.9. The Morgan fingerprint density at radius 2 is 2.31 bits per heavy atom. The highest BCUT2D eigenvalue weighted by Crippen LogP contribution is 2.08. The number of methoxy groups -OCH3 is 1. The number of hydrogen-bond donors (Lipinski definition) is 0. The lowest BCUT2D eigenvalue weighted by atomic mass is 10.3. The Kier molecular flexibility index (Phi) is 4.21. The van der Waals surface area contributed by atoms with Gasteiger partial charge in [0.2, 0.25) is 0 Å². The fourth-order valence-electron chi connectivity index (χ4n) is 1.07. The van der Waals surface area contributed by atoms with Crippen LogP contribution >= 0.6 is 0 Å². The molecule has 0 N–H and O–H groups in total. The second kappa shape index (κ2) is 5.66. The van der Waals surface area contributed by atoms with Crippen LogP contribution in [-0.4, -0.2) is 36.9 Å². The van der Waals surface area contributed by atoms with E-state index in [9.17, 15) is 4.79 Å². The minimum Gasteiger partial charge on any atom is -0.464 e. The van der Waals surface area contributed by atoms with E-state index < -0.39 is 5.97 Å². The van der Waals surface area contributed by atoms with Gasteiger partial charge in [0.25, 0.3) is 0 Å². The van der Waals surface area contributed by atoms with Crippen molar-refractivity contribution in [2.45, 2.75) is 6.42 Å². The molecular formula is C10H12N4O2. The molecule has 0 saturated carbocycles. The number of carbonyl (C=O) groups excluding carboxylic acids is 1. The van der Waals surface area contributed by atoms with Gasteiger partial charge in [0.05, 0.1) is 19.6 Å². The Bertz CT molecular complexity index is 396. The van der Waals surface area contributed by atoms with Gasteiger partial charge in [0.15, 0.2) is 11.5 Å². The highest BCUT2D eigenvalue weighted by atomic mass is 16.5. The Balaban J connectivity index is 2.71. The van der Waals surface area contributed by atoms with Gasteiger partial charge in [-0.15, -0.1) is 10.2 Å². The molecule has 1 heterocycles. The third-order valence-corrected chi connectivity index (χ3v) is 2.00. The monoisotopic (exact) mass is 220 g/mol. The van der Waals surface area contributed by atoms with Crippen LogP contribution in [0.3, 0.4) is 0 Å². The molecule has 0 aromatic carbocycles. The molecule has 0 amide bonds. The maximum Gasteiger partial charge on any atom is 0.358 e. The Morgan fingerprint density at radius 3 is 2.81 bits per heavy atom. The summed E-state index contributed by atoms with van der Waals surface area (Å²) in [4.78, 5) is 12.9. The Labute approximate surface area is 93.5 Å². The summed E-state index contributed by atoms with van der Waals surface area (Å²) in [5.74, 6) is 0.0987. The molecule has 0 radical (unpaired) electrons. The van der Waals surface area contributed by atoms with Gasteiger partial charge in [-0.3, -0.25) is 0 Å². The average molecular weight is 220 g/mol. The standard InChI is InChI=1S/C10H12N4O2/c1-14(7-3-6-11)9-5-4-8(12-13-9)10(15)16-2/h4-5H,3,7H2,1-2H3. The molecule has 16 heavy (non-hydrogen) atoms. The van der Waals surface area contributed by atoms with E-state index in [1.807, 2.05) is 6.07 Å². The molecule has 1 aromatic rings. The summed E-state index contributed by atoms with van der Waals surface area (Å²) in [5, 5.41) is 16.0. The van der Waals surface area contributed by atoms with Crippen molar-refractivity contribution in [2.24, 2.45) is 0 Å². The van der Waals surface area contributed by atoms with Crippen LogP contribution in [0, 0.1) is 11.3 Å². The first-order chi connectivity index (χ1) is 7.69. The van der Waals surface area contributed by atoms with Crippen molar-refractivity contribution < 1.29 is 9.53 Å². The molecule has 0 bridgehead atoms. The van der Waals surface area contributed by atoms with Crippen molar-refractivity contribution in [3.63, 3.8) is 0 Å². The summed E-state index contributed by atoms with van der Waals surface area (Å²) in [5.41, 5.74) is 0.167. The fraction of sp³-hybridized carbons (Fsp3) is 0.400. The lowest BCUT2D eigenvalue weighted by Crippen LogP contribution is -2.20. The van der Waals surface area contributed by atoms with Gasteiger partial charge in [0.1, 0.15) is 0 Å². The number of hydrogen-bond acceptors (Lipinski definition) is 6. The first-order valence-corrected chi connectivity index (χ1v) is 4.69. The molecule has 0 unspecified atom stereocenters. The van der Waals surface area contributed by atoms with Crippen LogP contribution in [0.4, 0.5) is 5.82 Å². The molecule has 0 aliphatic heterocycles. The van der Waals surface area contributed by atoms with Gasteiger partial charge in [-0.1, -0.05) is 0 Å². The molecule has 6 heteroatoms. The number of nitriles is 1. The minimum absolute atomic E-state index is 0.167. The maximum absolute atomic E-state index is 11.1. The van der Waals surface area contributed by atoms with E-state index in [0.29, 0.717) is 18.8 Å². The molecule has 0 aliphatic rings. The van der Waals surface area contributed by atoms with E-state index in [1.54, 1.807) is 18.0 Å². The lowest BCUT2D eigenvalue weighted by molar-refractivity contribution is 0.0592. The number of aromatic nitrogens is 2. The Morgan fingerprint density at radius 1 is 1.56 bits per heavy atom. The predicted molar refractivity (Wildman–Crippen MR) is 56.9 cm³/mol. The molecule has 1 aromatic heterocycles. The summed E-state index contributed by atoms with van der Waals surface area (Å²) in [6, 6.07) is 5.25. The zero-order valence-electron chi connectivity index (χ0n) is 9.17. The van der Waals surface area contributed by atoms with Crippen molar-refractivity contribution in [1.29, 1.82) is 5.26 Å². The van der Waals surface area contributed by atoms with E-state index in [2.05, 4.69) is 14.9 Å². The molecule has 0 aliphatic carbocycles. The molecule has 0 fully saturated rings. The van der Waals surface area contributed by atoms with Gasteiger partial charge in [-0.05, 0) is 12.1 Å². The lowest BCUT2D eigenvalue weighted by Gasteiger charge is -2.15. The summed E-state index contributed by atoms with van der Waals surface area (Å²) in [6.45, 7) is 0.572. The fourth-order valence-corrected chi connectivity index (χ4v) is 1.07. The van der Waals surface area contributed by atoms with E-state index >= 15 is 0 Å². The van der Waals surface area contributed by atoms with Crippen molar-refractivity contribution >= 4 is 11.8 Å². The zero-order chi connectivity index (χ0) is 12.0. The zero-order valence-corrected chi connectivity index (χ0v) is 9.17. The molecular weight excluding hydrogens is 208 g/mol. The van der Waals surface area contributed by atoms with E-state index in [4.69, 9.17) is 5.26 Å². The number of ether oxygens (including phenoxy) is 1. The number of nitrogens with zero attached hydrogens (tertiary/aromatic N) is 4. The van der Waals surface area contributed by atoms with E-state index in [1.165, 1.54) is 13.2 Å². The van der Waals surface area contributed by atoms with E-state index in [0.717, 1.165) is 0 Å². The van der Waals surface area contributed by atoms with Crippen molar-refractivity contribution in [3.05, 3.63) is 17.8 Å². The van der Waals surface area contributed by atoms with Crippen LogP contribution < -0.4 is 4.90 Å². The summed E-state index contributed by atoms with van der Waals surface area (Å²) in [6.07, 6.45) is 0.414. The summed E-state index contributed by atoms with van der Waals surface area (Å²) >= 11 is 0. The number of rotatable bonds is 4. The van der Waals surface area contributed by atoms with Gasteiger partial charge in [-0.2, -0.15) is 5.26 Å². The van der Waals surface area contributed by atoms with Crippen molar-refractivity contribution in [3.8, 4) is 6.07 Å². The van der Waals surface area contributed by atoms with Crippen LogP contribution in [0.5, 0.6) is 0 Å². The van der Waals surface area contributed by atoms with Crippen LogP contribution in [-0.2, 0) is 4.74 Å². The summed E-state index contributed by atoms with van der Waals surface area (Å²) in [7, 11) is 3.09. The molecule has 0 saturated heterocycles. The topological polar surface area (TPSA) is 79.1 Å². The summed E-state index contributed by atoms with van der Waals surface area (Å²) < 4.78 is 4.50. The van der Waals surface area contributed by atoms with E-state index in [-0.39, 0.29) is 5.69 Å². The van der Waals surface area contributed by atoms with Crippen molar-refractivity contribution in [2.75, 3.05) is 25.6 Å². The predicted octanol–water partition coefficient (Wildman–Crippen LogP) is 0.613.